The van der Waals surface area contributed by atoms with Gasteiger partial charge in [-0.3, -0.25) is 4.79 Å². The van der Waals surface area contributed by atoms with Crippen LogP contribution in [0, 0.1) is 5.92 Å². The van der Waals surface area contributed by atoms with Crippen LogP contribution in [0.15, 0.2) is 0 Å². The van der Waals surface area contributed by atoms with Crippen LogP contribution >= 0.6 is 0 Å². The molecule has 8 heavy (non-hydrogen) atoms. The van der Waals surface area contributed by atoms with Crippen molar-refractivity contribution in [3.05, 3.63) is 0 Å². The fourth-order valence-corrected chi connectivity index (χ4v) is 0.751. The Kier molecular flexibility index (Phi) is 0.854. The average molecular weight is 115 g/mol. The number of nitrogens with two attached hydrogens (primary N) is 1. The van der Waals surface area contributed by atoms with Gasteiger partial charge in [0.15, 0.2) is 0 Å². The summed E-state index contributed by atoms with van der Waals surface area (Å²) in [6.07, 6.45) is 0.530. The third kappa shape index (κ3) is 0.512. The molecule has 0 heterocycles. The Labute approximate surface area is 47.5 Å². The molecule has 0 unspecified atom stereocenters. The van der Waals surface area contributed by atoms with Gasteiger partial charge >= 0.3 is 0 Å². The predicted octanol–water partition coefficient (Wildman–Crippen LogP) is -0.757. The molecule has 1 fully saturated rings. The Hall–Kier alpha value is -0.570. The highest BCUT2D eigenvalue weighted by Crippen LogP contribution is 2.42. The maximum Gasteiger partial charge on any atom is 0.249 e. The summed E-state index contributed by atoms with van der Waals surface area (Å²) in [4.78, 5) is 10.3. The van der Waals surface area contributed by atoms with Crippen LogP contribution < -0.4 is 5.73 Å². The summed E-state index contributed by atoms with van der Waals surface area (Å²) in [7, 11) is 0. The van der Waals surface area contributed by atoms with E-state index in [0.29, 0.717) is 6.42 Å². The molecule has 3 heteroatoms. The van der Waals surface area contributed by atoms with Gasteiger partial charge in [-0.05, 0) is 12.3 Å². The van der Waals surface area contributed by atoms with E-state index in [4.69, 9.17) is 10.8 Å². The van der Waals surface area contributed by atoms with Crippen LogP contribution in [0.3, 0.4) is 0 Å². The highest BCUT2D eigenvalue weighted by molar-refractivity contribution is 5.86. The first kappa shape index (κ1) is 5.56. The molecular formula is C5H9NO2. The number of amides is 1. The third-order valence-electron chi connectivity index (χ3n) is 1.70. The molecule has 0 saturated heterocycles. The molecule has 0 aromatic rings. The molecule has 0 aromatic carbocycles. The van der Waals surface area contributed by atoms with Crippen molar-refractivity contribution < 1.29 is 9.90 Å². The van der Waals surface area contributed by atoms with Crippen LogP contribution in [-0.2, 0) is 4.79 Å². The Bertz CT molecular complexity index is 134. The van der Waals surface area contributed by atoms with Gasteiger partial charge in [0, 0.05) is 0 Å². The molecule has 3 N–H and O–H groups in total. The highest BCUT2D eigenvalue weighted by atomic mass is 16.3. The van der Waals surface area contributed by atoms with Gasteiger partial charge in [0.25, 0.3) is 0 Å². The standard InChI is InChI=1S/C5H9NO2/c1-3-2-5(3,8)4(6)7/h3,8H,2H2,1H3,(H2,6,7)/t3-,5+/m0/s1. The van der Waals surface area contributed by atoms with Crippen molar-refractivity contribution in [3.8, 4) is 0 Å². The van der Waals surface area contributed by atoms with E-state index in [1.165, 1.54) is 0 Å². The summed E-state index contributed by atoms with van der Waals surface area (Å²) in [5, 5.41) is 9.00. The molecule has 1 amide bonds. The molecular weight excluding hydrogens is 106 g/mol. The molecule has 1 saturated carbocycles. The van der Waals surface area contributed by atoms with E-state index >= 15 is 0 Å². The lowest BCUT2D eigenvalue weighted by atomic mass is 10.3. The fraction of sp³-hybridized carbons (Fsp3) is 0.800. The Morgan fingerprint density at radius 1 is 2.00 bits per heavy atom. The van der Waals surface area contributed by atoms with Gasteiger partial charge in [-0.2, -0.15) is 0 Å². The number of hydrogen-bond acceptors (Lipinski definition) is 2. The maximum atomic E-state index is 10.3. The molecule has 1 aliphatic carbocycles. The van der Waals surface area contributed by atoms with Gasteiger partial charge in [-0.15, -0.1) is 0 Å². The van der Waals surface area contributed by atoms with Crippen molar-refractivity contribution >= 4 is 5.91 Å². The molecule has 0 radical (unpaired) electrons. The zero-order chi connectivity index (χ0) is 6.36. The van der Waals surface area contributed by atoms with Crippen molar-refractivity contribution in [2.75, 3.05) is 0 Å². The predicted molar refractivity (Wildman–Crippen MR) is 27.9 cm³/mol. The van der Waals surface area contributed by atoms with E-state index in [1.807, 2.05) is 0 Å². The van der Waals surface area contributed by atoms with E-state index in [1.54, 1.807) is 6.92 Å². The van der Waals surface area contributed by atoms with Crippen LogP contribution in [0.1, 0.15) is 13.3 Å². The summed E-state index contributed by atoms with van der Waals surface area (Å²) < 4.78 is 0. The molecule has 2 atom stereocenters. The van der Waals surface area contributed by atoms with Crippen LogP contribution in [0.25, 0.3) is 0 Å². The van der Waals surface area contributed by atoms with Crippen LogP contribution in [-0.4, -0.2) is 16.6 Å². The lowest BCUT2D eigenvalue weighted by Crippen LogP contribution is -2.31. The first-order valence-corrected chi connectivity index (χ1v) is 2.59. The summed E-state index contributed by atoms with van der Waals surface area (Å²) in [5.41, 5.74) is 3.68. The fourth-order valence-electron chi connectivity index (χ4n) is 0.751. The van der Waals surface area contributed by atoms with E-state index in [0.717, 1.165) is 0 Å². The number of aliphatic hydroxyl groups is 1. The lowest BCUT2D eigenvalue weighted by molar-refractivity contribution is -0.128. The van der Waals surface area contributed by atoms with Crippen LogP contribution in [0.2, 0.25) is 0 Å². The normalized spacial score (nSPS) is 44.0. The van der Waals surface area contributed by atoms with Crippen molar-refractivity contribution in [3.63, 3.8) is 0 Å². The van der Waals surface area contributed by atoms with Gasteiger partial charge < -0.3 is 10.8 Å². The largest absolute Gasteiger partial charge is 0.380 e. The maximum absolute atomic E-state index is 10.3. The highest BCUT2D eigenvalue weighted by Gasteiger charge is 2.54. The Morgan fingerprint density at radius 2 is 2.38 bits per heavy atom. The van der Waals surface area contributed by atoms with Crippen LogP contribution in [0.4, 0.5) is 0 Å². The molecule has 0 aromatic heterocycles. The van der Waals surface area contributed by atoms with Crippen molar-refractivity contribution in [2.45, 2.75) is 18.9 Å². The SMILES string of the molecule is C[C@H]1C[C@]1(O)C(N)=O. The van der Waals surface area contributed by atoms with Gasteiger partial charge in [0.2, 0.25) is 5.91 Å². The van der Waals surface area contributed by atoms with Gasteiger partial charge in [-0.25, -0.2) is 0 Å². The summed E-state index contributed by atoms with van der Waals surface area (Å²) in [6, 6.07) is 0. The third-order valence-corrected chi connectivity index (χ3v) is 1.70. The van der Waals surface area contributed by atoms with E-state index < -0.39 is 11.5 Å². The molecule has 3 nitrogen and oxygen atoms in total. The topological polar surface area (TPSA) is 63.3 Å². The Balaban J connectivity index is 2.60. The summed E-state index contributed by atoms with van der Waals surface area (Å²) in [6.45, 7) is 1.80. The second-order valence-corrected chi connectivity index (χ2v) is 2.39. The van der Waals surface area contributed by atoms with E-state index in [-0.39, 0.29) is 5.92 Å². The first-order chi connectivity index (χ1) is 3.57. The Morgan fingerprint density at radius 3 is 2.38 bits per heavy atom. The minimum absolute atomic E-state index is 0.0694. The summed E-state index contributed by atoms with van der Waals surface area (Å²) >= 11 is 0. The van der Waals surface area contributed by atoms with Crippen molar-refractivity contribution in [1.29, 1.82) is 0 Å². The number of hydrogen-bond donors (Lipinski definition) is 2. The quantitative estimate of drug-likeness (QED) is 0.472. The monoisotopic (exact) mass is 115 g/mol. The van der Waals surface area contributed by atoms with E-state index in [9.17, 15) is 4.79 Å². The number of carbonyl (C=O) groups is 1. The molecule has 46 valence electrons. The second-order valence-electron chi connectivity index (χ2n) is 2.39. The van der Waals surface area contributed by atoms with Crippen LogP contribution in [0.5, 0.6) is 0 Å². The van der Waals surface area contributed by atoms with Gasteiger partial charge in [0.1, 0.15) is 5.60 Å². The number of primary amides is 1. The second kappa shape index (κ2) is 1.23. The minimum atomic E-state index is -1.15. The average Bonchev–Trinajstić information content (AvgIpc) is 2.17. The minimum Gasteiger partial charge on any atom is -0.380 e. The molecule has 0 spiro atoms. The lowest BCUT2D eigenvalue weighted by Gasteiger charge is -1.99. The first-order valence-electron chi connectivity index (χ1n) is 2.59. The van der Waals surface area contributed by atoms with Gasteiger partial charge in [0.05, 0.1) is 0 Å². The smallest absolute Gasteiger partial charge is 0.249 e. The summed E-state index contributed by atoms with van der Waals surface area (Å²) in [5.74, 6) is -0.523. The molecule has 1 rings (SSSR count). The number of rotatable bonds is 1. The molecule has 1 aliphatic rings. The van der Waals surface area contributed by atoms with Crippen molar-refractivity contribution in [2.24, 2.45) is 11.7 Å². The molecule has 0 bridgehead atoms. The number of carbonyl (C=O) groups excluding carboxylic acids is 1. The molecule has 0 aliphatic heterocycles. The van der Waals surface area contributed by atoms with Crippen molar-refractivity contribution in [1.82, 2.24) is 0 Å². The van der Waals surface area contributed by atoms with E-state index in [2.05, 4.69) is 0 Å². The zero-order valence-corrected chi connectivity index (χ0v) is 4.72. The van der Waals surface area contributed by atoms with Gasteiger partial charge in [-0.1, -0.05) is 6.92 Å². The zero-order valence-electron chi connectivity index (χ0n) is 4.72.